The largest absolute Gasteiger partial charge is 0.386 e. The van der Waals surface area contributed by atoms with E-state index in [9.17, 15) is 9.90 Å². The second kappa shape index (κ2) is 5.88. The number of nitrogens with zero attached hydrogens (tertiary/aromatic N) is 4. The number of hydrogen-bond donors (Lipinski definition) is 2. The van der Waals surface area contributed by atoms with Crippen molar-refractivity contribution in [3.63, 3.8) is 0 Å². The number of hydrogen-bond acceptors (Lipinski definition) is 7. The summed E-state index contributed by atoms with van der Waals surface area (Å²) in [5.41, 5.74) is -0.965. The van der Waals surface area contributed by atoms with Crippen LogP contribution in [0.5, 0.6) is 0 Å². The van der Waals surface area contributed by atoms with E-state index in [-0.39, 0.29) is 25.6 Å². The summed E-state index contributed by atoms with van der Waals surface area (Å²) >= 11 is 1.51. The van der Waals surface area contributed by atoms with Gasteiger partial charge in [0.2, 0.25) is 11.7 Å². The number of aliphatic hydroxyl groups is 1. The van der Waals surface area contributed by atoms with Crippen LogP contribution in [-0.4, -0.2) is 56.6 Å². The van der Waals surface area contributed by atoms with Gasteiger partial charge in [0.15, 0.2) is 0 Å². The summed E-state index contributed by atoms with van der Waals surface area (Å²) in [7, 11) is 0. The molecule has 0 radical (unpaired) electrons. The van der Waals surface area contributed by atoms with Crippen LogP contribution in [0.3, 0.4) is 0 Å². The third-order valence-corrected chi connectivity index (χ3v) is 4.04. The fraction of sp³-hybridized carbons (Fsp3) is 0.500. The summed E-state index contributed by atoms with van der Waals surface area (Å²) in [5, 5.41) is 26.5. The Morgan fingerprint density at radius 1 is 1.62 bits per heavy atom. The quantitative estimate of drug-likeness (QED) is 0.784. The number of rotatable bonds is 5. The molecule has 9 heteroatoms. The van der Waals surface area contributed by atoms with Crippen molar-refractivity contribution in [1.29, 1.82) is 0 Å². The van der Waals surface area contributed by atoms with Gasteiger partial charge in [-0.3, -0.25) is 4.79 Å². The molecule has 1 fully saturated rings. The Kier molecular flexibility index (Phi) is 3.95. The average molecular weight is 309 g/mol. The summed E-state index contributed by atoms with van der Waals surface area (Å²) < 4.78 is 5.12. The van der Waals surface area contributed by atoms with E-state index < -0.39 is 5.60 Å². The molecule has 112 valence electrons. The highest BCUT2D eigenvalue weighted by molar-refractivity contribution is 7.13. The zero-order chi connectivity index (χ0) is 14.7. The summed E-state index contributed by atoms with van der Waals surface area (Å²) in [6.07, 6.45) is 0.525. The molecule has 3 rings (SSSR count). The lowest BCUT2D eigenvalue weighted by Crippen LogP contribution is -2.44. The molecule has 2 N–H and O–H groups in total. The van der Waals surface area contributed by atoms with Crippen molar-refractivity contribution < 1.29 is 14.6 Å². The minimum absolute atomic E-state index is 0.0324. The molecule has 8 nitrogen and oxygen atoms in total. The highest BCUT2D eigenvalue weighted by atomic mass is 32.1. The maximum Gasteiger partial charge on any atom is 0.243 e. The molecule has 0 aromatic carbocycles. The van der Waals surface area contributed by atoms with E-state index >= 15 is 0 Å². The first-order valence-corrected chi connectivity index (χ1v) is 7.41. The molecular weight excluding hydrogens is 294 g/mol. The Morgan fingerprint density at radius 3 is 3.24 bits per heavy atom. The monoisotopic (exact) mass is 309 g/mol. The van der Waals surface area contributed by atoms with Crippen LogP contribution in [0.25, 0.3) is 10.7 Å². The Hall–Kier alpha value is -1.84. The highest BCUT2D eigenvalue weighted by Gasteiger charge is 2.32. The smallest absolute Gasteiger partial charge is 0.243 e. The number of ether oxygens (including phenoxy) is 1. The van der Waals surface area contributed by atoms with Gasteiger partial charge in [0.05, 0.1) is 11.5 Å². The molecule has 21 heavy (non-hydrogen) atoms. The van der Waals surface area contributed by atoms with Crippen LogP contribution in [0.1, 0.15) is 6.42 Å². The van der Waals surface area contributed by atoms with Crippen LogP contribution >= 0.6 is 11.3 Å². The third-order valence-electron chi connectivity index (χ3n) is 3.18. The van der Waals surface area contributed by atoms with E-state index in [4.69, 9.17) is 4.74 Å². The van der Waals surface area contributed by atoms with Gasteiger partial charge in [0.25, 0.3) is 0 Å². The Bertz CT molecular complexity index is 606. The first kappa shape index (κ1) is 14.1. The van der Waals surface area contributed by atoms with Gasteiger partial charge >= 0.3 is 0 Å². The van der Waals surface area contributed by atoms with Crippen LogP contribution in [0.15, 0.2) is 17.5 Å². The molecule has 3 heterocycles. The second-order valence-corrected chi connectivity index (χ2v) is 5.87. The lowest BCUT2D eigenvalue weighted by molar-refractivity contribution is -0.123. The van der Waals surface area contributed by atoms with Gasteiger partial charge in [0, 0.05) is 19.6 Å². The topological polar surface area (TPSA) is 102 Å². The molecule has 1 amide bonds. The first-order valence-electron chi connectivity index (χ1n) is 6.53. The molecular formula is C12H15N5O3S. The number of carbonyl (C=O) groups is 1. The lowest BCUT2D eigenvalue weighted by Gasteiger charge is -2.20. The van der Waals surface area contributed by atoms with Crippen molar-refractivity contribution in [2.75, 3.05) is 19.8 Å². The zero-order valence-corrected chi connectivity index (χ0v) is 12.0. The van der Waals surface area contributed by atoms with E-state index in [2.05, 4.69) is 20.7 Å². The molecule has 1 aliphatic rings. The van der Waals surface area contributed by atoms with Gasteiger partial charge in [-0.25, -0.2) is 0 Å². The molecule has 0 saturated carbocycles. The number of thiophene rings is 1. The predicted octanol–water partition coefficient (Wildman–Crippen LogP) is -0.331. The maximum absolute atomic E-state index is 11.8. The van der Waals surface area contributed by atoms with Crippen molar-refractivity contribution >= 4 is 17.2 Å². The number of aromatic nitrogens is 4. The van der Waals surface area contributed by atoms with Crippen molar-refractivity contribution in [2.45, 2.75) is 18.6 Å². The number of amides is 1. The van der Waals surface area contributed by atoms with E-state index in [0.717, 1.165) is 4.88 Å². The van der Waals surface area contributed by atoms with Gasteiger partial charge in [0.1, 0.15) is 12.1 Å². The van der Waals surface area contributed by atoms with Gasteiger partial charge in [-0.2, -0.15) is 4.80 Å². The molecule has 1 saturated heterocycles. The molecule has 1 atom stereocenters. The minimum atomic E-state index is -0.965. The standard InChI is InChI=1S/C12H15N5O3S/c18-10(13-7-12(19)3-4-20-8-12)6-17-15-11(14-16-17)9-2-1-5-21-9/h1-2,5,19H,3-4,6-8H2,(H,13,18). The number of nitrogens with one attached hydrogen (secondary N) is 1. The van der Waals surface area contributed by atoms with Crippen LogP contribution < -0.4 is 5.32 Å². The summed E-state index contributed by atoms with van der Waals surface area (Å²) in [5.74, 6) is 0.228. The van der Waals surface area contributed by atoms with Crippen molar-refractivity contribution in [1.82, 2.24) is 25.5 Å². The SMILES string of the molecule is O=C(Cn1nnc(-c2cccs2)n1)NCC1(O)CCOC1. The van der Waals surface area contributed by atoms with Gasteiger partial charge < -0.3 is 15.2 Å². The third kappa shape index (κ3) is 3.43. The summed E-state index contributed by atoms with van der Waals surface area (Å²) in [6.45, 7) is 0.895. The normalized spacial score (nSPS) is 21.6. The van der Waals surface area contributed by atoms with Crippen LogP contribution in [0.4, 0.5) is 0 Å². The van der Waals surface area contributed by atoms with Crippen LogP contribution in [0, 0.1) is 0 Å². The lowest BCUT2D eigenvalue weighted by atomic mass is 10.0. The molecule has 0 bridgehead atoms. The molecule has 2 aromatic rings. The zero-order valence-electron chi connectivity index (χ0n) is 11.2. The van der Waals surface area contributed by atoms with Gasteiger partial charge in [-0.05, 0) is 16.7 Å². The number of tetrazole rings is 1. The molecule has 1 aliphatic heterocycles. The molecule has 1 unspecified atom stereocenters. The Morgan fingerprint density at radius 2 is 2.52 bits per heavy atom. The van der Waals surface area contributed by atoms with E-state index in [0.29, 0.717) is 18.9 Å². The maximum atomic E-state index is 11.8. The second-order valence-electron chi connectivity index (χ2n) is 4.92. The van der Waals surface area contributed by atoms with E-state index in [1.807, 2.05) is 17.5 Å². The summed E-state index contributed by atoms with van der Waals surface area (Å²) in [4.78, 5) is 14.0. The molecule has 0 aliphatic carbocycles. The highest BCUT2D eigenvalue weighted by Crippen LogP contribution is 2.19. The van der Waals surface area contributed by atoms with Gasteiger partial charge in [-0.1, -0.05) is 6.07 Å². The van der Waals surface area contributed by atoms with E-state index in [1.165, 1.54) is 16.1 Å². The van der Waals surface area contributed by atoms with Crippen LogP contribution in [-0.2, 0) is 16.1 Å². The fourth-order valence-corrected chi connectivity index (χ4v) is 2.65. The Balaban J connectivity index is 1.53. The molecule has 2 aromatic heterocycles. The van der Waals surface area contributed by atoms with Crippen LogP contribution in [0.2, 0.25) is 0 Å². The first-order chi connectivity index (χ1) is 10.1. The van der Waals surface area contributed by atoms with E-state index in [1.54, 1.807) is 0 Å². The van der Waals surface area contributed by atoms with Crippen molar-refractivity contribution in [3.05, 3.63) is 17.5 Å². The minimum Gasteiger partial charge on any atom is -0.386 e. The Labute approximate surface area is 124 Å². The number of carbonyl (C=O) groups excluding carboxylic acids is 1. The predicted molar refractivity (Wildman–Crippen MR) is 74.5 cm³/mol. The van der Waals surface area contributed by atoms with Gasteiger partial charge in [-0.15, -0.1) is 21.5 Å². The molecule has 0 spiro atoms. The average Bonchev–Trinajstić information content (AvgIpc) is 3.17. The summed E-state index contributed by atoms with van der Waals surface area (Å²) in [6, 6.07) is 3.79. The van der Waals surface area contributed by atoms with Crippen molar-refractivity contribution in [3.8, 4) is 10.7 Å². The fourth-order valence-electron chi connectivity index (χ4n) is 2.00. The van der Waals surface area contributed by atoms with Crippen molar-refractivity contribution in [2.24, 2.45) is 0 Å².